The highest BCUT2D eigenvalue weighted by Crippen LogP contribution is 2.07. The van der Waals surface area contributed by atoms with Crippen LogP contribution in [0.1, 0.15) is 5.69 Å². The number of aromatic amines is 1. The summed E-state index contributed by atoms with van der Waals surface area (Å²) in [7, 11) is 0. The van der Waals surface area contributed by atoms with Crippen LogP contribution in [0.5, 0.6) is 0 Å². The van der Waals surface area contributed by atoms with Crippen LogP contribution >= 0.6 is 11.8 Å². The third-order valence-corrected chi connectivity index (χ3v) is 4.08. The highest BCUT2D eigenvalue weighted by molar-refractivity contribution is 8.13. The molecule has 0 aliphatic carbocycles. The standard InChI is InChI=1S/C13H20N4O4S/c18-12(19)11(7-10-8-14-9-15-10)16-13(20)22-6-3-17-1-4-21-5-2-17/h8-9,11H,1-7H2,(H,14,15)(H,16,20)(H,18,19)/t11-/m0/s1. The summed E-state index contributed by atoms with van der Waals surface area (Å²) in [5, 5.41) is 11.4. The summed E-state index contributed by atoms with van der Waals surface area (Å²) in [6.07, 6.45) is 3.21. The number of carbonyl (C=O) groups excluding carboxylic acids is 1. The van der Waals surface area contributed by atoms with E-state index in [2.05, 4.69) is 20.2 Å². The first-order chi connectivity index (χ1) is 10.6. The number of amides is 1. The third-order valence-electron chi connectivity index (χ3n) is 3.31. The number of nitrogens with zero attached hydrogens (tertiary/aromatic N) is 2. The van der Waals surface area contributed by atoms with Crippen molar-refractivity contribution in [2.45, 2.75) is 12.5 Å². The van der Waals surface area contributed by atoms with Crippen LogP contribution in [0.15, 0.2) is 12.5 Å². The van der Waals surface area contributed by atoms with Crippen molar-refractivity contribution in [3.05, 3.63) is 18.2 Å². The van der Waals surface area contributed by atoms with Crippen LogP contribution in [0.4, 0.5) is 4.79 Å². The number of imidazole rings is 1. The van der Waals surface area contributed by atoms with E-state index < -0.39 is 12.0 Å². The second-order valence-corrected chi connectivity index (χ2v) is 5.97. The minimum atomic E-state index is -1.06. The number of H-pyrrole nitrogens is 1. The van der Waals surface area contributed by atoms with Crippen molar-refractivity contribution in [3.63, 3.8) is 0 Å². The van der Waals surface area contributed by atoms with Crippen molar-refractivity contribution >= 4 is 23.0 Å². The molecule has 0 aromatic carbocycles. The Morgan fingerprint density at radius 2 is 2.27 bits per heavy atom. The van der Waals surface area contributed by atoms with Gasteiger partial charge in [-0.25, -0.2) is 9.78 Å². The molecule has 0 radical (unpaired) electrons. The number of thioether (sulfide) groups is 1. The average Bonchev–Trinajstić information content (AvgIpc) is 3.00. The number of hydrogen-bond acceptors (Lipinski definition) is 6. The fourth-order valence-electron chi connectivity index (χ4n) is 2.09. The number of rotatable bonds is 7. The summed E-state index contributed by atoms with van der Waals surface area (Å²) in [6.45, 7) is 3.99. The van der Waals surface area contributed by atoms with Crippen molar-refractivity contribution in [1.82, 2.24) is 20.2 Å². The van der Waals surface area contributed by atoms with Gasteiger partial charge in [0.15, 0.2) is 0 Å². The fraction of sp³-hybridized carbons (Fsp3) is 0.615. The number of carbonyl (C=O) groups is 2. The number of ether oxygens (including phenoxy) is 1. The first-order valence-corrected chi connectivity index (χ1v) is 8.07. The first kappa shape index (κ1) is 16.8. The van der Waals surface area contributed by atoms with Crippen LogP contribution in [-0.2, 0) is 16.0 Å². The Morgan fingerprint density at radius 1 is 1.50 bits per heavy atom. The zero-order chi connectivity index (χ0) is 15.8. The van der Waals surface area contributed by atoms with Gasteiger partial charge in [-0.05, 0) is 0 Å². The number of carboxylic acid groups (broad SMARTS) is 1. The van der Waals surface area contributed by atoms with E-state index in [-0.39, 0.29) is 11.7 Å². The van der Waals surface area contributed by atoms with E-state index in [1.54, 1.807) is 6.20 Å². The number of aromatic nitrogens is 2. The molecular weight excluding hydrogens is 308 g/mol. The maximum absolute atomic E-state index is 11.8. The quantitative estimate of drug-likeness (QED) is 0.655. The van der Waals surface area contributed by atoms with E-state index >= 15 is 0 Å². The van der Waals surface area contributed by atoms with E-state index in [0.29, 0.717) is 11.4 Å². The molecule has 0 saturated carbocycles. The predicted molar refractivity (Wildman–Crippen MR) is 82.0 cm³/mol. The summed E-state index contributed by atoms with van der Waals surface area (Å²) in [5.74, 6) is -0.431. The zero-order valence-corrected chi connectivity index (χ0v) is 13.0. The summed E-state index contributed by atoms with van der Waals surface area (Å²) in [4.78, 5) is 31.9. The van der Waals surface area contributed by atoms with Gasteiger partial charge >= 0.3 is 5.97 Å². The Balaban J connectivity index is 1.70. The molecule has 2 heterocycles. The summed E-state index contributed by atoms with van der Waals surface area (Å²) >= 11 is 1.11. The smallest absolute Gasteiger partial charge is 0.326 e. The molecule has 1 aromatic rings. The zero-order valence-electron chi connectivity index (χ0n) is 12.2. The van der Waals surface area contributed by atoms with Gasteiger partial charge in [-0.15, -0.1) is 0 Å². The monoisotopic (exact) mass is 328 g/mol. The van der Waals surface area contributed by atoms with Crippen LogP contribution in [0.2, 0.25) is 0 Å². The van der Waals surface area contributed by atoms with Gasteiger partial charge < -0.3 is 20.1 Å². The van der Waals surface area contributed by atoms with Crippen molar-refractivity contribution in [2.75, 3.05) is 38.6 Å². The molecule has 8 nitrogen and oxygen atoms in total. The molecule has 0 spiro atoms. The molecule has 1 amide bonds. The molecule has 1 aromatic heterocycles. The molecule has 3 N–H and O–H groups in total. The lowest BCUT2D eigenvalue weighted by atomic mass is 10.2. The SMILES string of the molecule is O=C(N[C@@H](Cc1cnc[nH]1)C(=O)O)SCCN1CCOCC1. The molecule has 2 rings (SSSR count). The van der Waals surface area contributed by atoms with Crippen molar-refractivity contribution in [1.29, 1.82) is 0 Å². The van der Waals surface area contributed by atoms with E-state index in [1.165, 1.54) is 6.33 Å². The topological polar surface area (TPSA) is 108 Å². The Kier molecular flexibility index (Phi) is 6.69. The van der Waals surface area contributed by atoms with Gasteiger partial charge in [0.1, 0.15) is 6.04 Å². The van der Waals surface area contributed by atoms with Crippen molar-refractivity contribution in [2.24, 2.45) is 0 Å². The molecule has 0 bridgehead atoms. The maximum Gasteiger partial charge on any atom is 0.326 e. The molecule has 1 aliphatic heterocycles. The summed E-state index contributed by atoms with van der Waals surface area (Å²) < 4.78 is 5.25. The average molecular weight is 328 g/mol. The lowest BCUT2D eigenvalue weighted by molar-refractivity contribution is -0.139. The molecule has 122 valence electrons. The van der Waals surface area contributed by atoms with Gasteiger partial charge in [-0.1, -0.05) is 11.8 Å². The van der Waals surface area contributed by atoms with Gasteiger partial charge in [0, 0.05) is 43.7 Å². The number of carboxylic acids is 1. The molecule has 1 atom stereocenters. The molecule has 22 heavy (non-hydrogen) atoms. The molecule has 9 heteroatoms. The Labute approximate surface area is 132 Å². The molecule has 0 unspecified atom stereocenters. The van der Waals surface area contributed by atoms with Gasteiger partial charge in [-0.3, -0.25) is 9.69 Å². The number of morpholine rings is 1. The third kappa shape index (κ3) is 5.66. The number of hydrogen-bond donors (Lipinski definition) is 3. The van der Waals surface area contributed by atoms with Gasteiger partial charge in [0.2, 0.25) is 0 Å². The predicted octanol–water partition coefficient (Wildman–Crippen LogP) is 0.180. The molecule has 1 saturated heterocycles. The Bertz CT molecular complexity index is 476. The molecule has 1 aliphatic rings. The maximum atomic E-state index is 11.8. The van der Waals surface area contributed by atoms with Crippen LogP contribution in [0, 0.1) is 0 Å². The largest absolute Gasteiger partial charge is 0.480 e. The van der Waals surface area contributed by atoms with Crippen LogP contribution in [0.3, 0.4) is 0 Å². The minimum Gasteiger partial charge on any atom is -0.480 e. The second kappa shape index (κ2) is 8.76. The van der Waals surface area contributed by atoms with Crippen molar-refractivity contribution in [3.8, 4) is 0 Å². The number of nitrogens with one attached hydrogen (secondary N) is 2. The van der Waals surface area contributed by atoms with E-state index in [1.807, 2.05) is 0 Å². The molecule has 1 fully saturated rings. The normalized spacial score (nSPS) is 17.1. The van der Waals surface area contributed by atoms with Crippen molar-refractivity contribution < 1.29 is 19.4 Å². The fourth-order valence-corrected chi connectivity index (χ4v) is 2.85. The number of aliphatic carboxylic acids is 1. The lowest BCUT2D eigenvalue weighted by Crippen LogP contribution is -2.41. The van der Waals surface area contributed by atoms with E-state index in [0.717, 1.165) is 44.6 Å². The highest BCUT2D eigenvalue weighted by Gasteiger charge is 2.21. The molecular formula is C13H20N4O4S. The van der Waals surface area contributed by atoms with Crippen LogP contribution < -0.4 is 5.32 Å². The van der Waals surface area contributed by atoms with Gasteiger partial charge in [0.05, 0.1) is 19.5 Å². The summed E-state index contributed by atoms with van der Waals surface area (Å²) in [5.41, 5.74) is 0.672. The van der Waals surface area contributed by atoms with E-state index in [9.17, 15) is 9.59 Å². The van der Waals surface area contributed by atoms with E-state index in [4.69, 9.17) is 9.84 Å². The Morgan fingerprint density at radius 3 is 2.91 bits per heavy atom. The lowest BCUT2D eigenvalue weighted by Gasteiger charge is -2.26. The minimum absolute atomic E-state index is 0.186. The summed E-state index contributed by atoms with van der Waals surface area (Å²) in [6, 6.07) is -0.955. The Hall–Kier alpha value is -1.58. The van der Waals surface area contributed by atoms with Gasteiger partial charge in [0.25, 0.3) is 5.24 Å². The van der Waals surface area contributed by atoms with Gasteiger partial charge in [-0.2, -0.15) is 0 Å². The van der Waals surface area contributed by atoms with Crippen LogP contribution in [-0.4, -0.2) is 75.8 Å². The first-order valence-electron chi connectivity index (χ1n) is 7.08. The second-order valence-electron chi connectivity index (χ2n) is 4.91. The highest BCUT2D eigenvalue weighted by atomic mass is 32.2. The van der Waals surface area contributed by atoms with Crippen LogP contribution in [0.25, 0.3) is 0 Å².